The summed E-state index contributed by atoms with van der Waals surface area (Å²) in [5, 5.41) is 7.90. The number of nitrogens with one attached hydrogen (secondary N) is 2. The molecule has 0 spiro atoms. The van der Waals surface area contributed by atoms with Crippen molar-refractivity contribution < 1.29 is 0 Å². The normalized spacial score (nSPS) is 12.7. The monoisotopic (exact) mass is 436 g/mol. The number of aromatic amines is 2. The number of benzene rings is 1. The van der Waals surface area contributed by atoms with Gasteiger partial charge in [0.1, 0.15) is 6.33 Å². The Labute approximate surface area is 125 Å². The van der Waals surface area contributed by atoms with Crippen molar-refractivity contribution in [1.29, 1.82) is 0 Å². The average Bonchev–Trinajstić information content (AvgIpc) is 3.03. The minimum absolute atomic E-state index is 0.629. The van der Waals surface area contributed by atoms with Crippen molar-refractivity contribution in [1.82, 2.24) is 20.2 Å². The second-order valence-corrected chi connectivity index (χ2v) is 6.88. The number of halogens is 3. The van der Waals surface area contributed by atoms with Crippen LogP contribution in [0.25, 0.3) is 10.9 Å². The lowest BCUT2D eigenvalue weighted by Gasteiger charge is -2.05. The summed E-state index contributed by atoms with van der Waals surface area (Å²) in [4.78, 5) is 7.41. The number of fused-ring (bicyclic) bond motifs is 1. The molecule has 92 valence electrons. The zero-order chi connectivity index (χ0) is 12.5. The van der Waals surface area contributed by atoms with Crippen LogP contribution in [0.4, 0.5) is 0 Å². The Morgan fingerprint density at radius 1 is 1.33 bits per heavy atom. The fourth-order valence-electron chi connectivity index (χ4n) is 1.82. The van der Waals surface area contributed by atoms with Crippen molar-refractivity contribution in [3.8, 4) is 0 Å². The van der Waals surface area contributed by atoms with Gasteiger partial charge in [-0.15, -0.1) is 0 Å². The van der Waals surface area contributed by atoms with Crippen LogP contribution in [0.5, 0.6) is 0 Å². The number of nitrogens with zero attached hydrogens (tertiary/aromatic N) is 2. The molecule has 0 atom stereocenters. The van der Waals surface area contributed by atoms with Gasteiger partial charge in [0.15, 0.2) is 5.82 Å². The largest absolute Gasteiger partial charge is 0.360 e. The number of H-pyrrole nitrogens is 2. The number of hydrogen-bond acceptors (Lipinski definition) is 2. The molecule has 0 aliphatic rings. The van der Waals surface area contributed by atoms with Crippen molar-refractivity contribution in [3.63, 3.8) is 0 Å². The van der Waals surface area contributed by atoms with Gasteiger partial charge in [-0.25, -0.2) is 4.98 Å². The van der Waals surface area contributed by atoms with Gasteiger partial charge in [0.25, 0.3) is 0 Å². The molecule has 2 heterocycles. The van der Waals surface area contributed by atoms with Gasteiger partial charge in [0.2, 0.25) is 0 Å². The maximum atomic E-state index is 6.16. The molecule has 0 aliphatic carbocycles. The van der Waals surface area contributed by atoms with Gasteiger partial charge in [-0.1, -0.05) is 6.07 Å². The molecule has 1 aromatic carbocycles. The van der Waals surface area contributed by atoms with Crippen LogP contribution in [-0.2, 0) is 0 Å². The molecule has 7 heteroatoms. The second kappa shape index (κ2) is 5.10. The summed E-state index contributed by atoms with van der Waals surface area (Å²) in [6.45, 7) is 0. The van der Waals surface area contributed by atoms with Crippen LogP contribution in [-0.4, -0.2) is 23.7 Å². The van der Waals surface area contributed by atoms with E-state index >= 15 is 0 Å². The van der Waals surface area contributed by atoms with Crippen molar-refractivity contribution >= 4 is 58.9 Å². The second-order valence-electron chi connectivity index (χ2n) is 3.58. The molecule has 0 saturated heterocycles. The predicted octanol–water partition coefficient (Wildman–Crippen LogP) is 3.74. The highest BCUT2D eigenvalue weighted by molar-refractivity contribution is 14.2. The van der Waals surface area contributed by atoms with Crippen molar-refractivity contribution in [3.05, 3.63) is 46.6 Å². The molecular formula is C11H7BrClIN4. The summed E-state index contributed by atoms with van der Waals surface area (Å²) in [6, 6.07) is 6.11. The third kappa shape index (κ3) is 2.02. The molecule has 0 unspecified atom stereocenters. The minimum Gasteiger partial charge on any atom is -0.360 e. The molecule has 0 bridgehead atoms. The third-order valence-corrected chi connectivity index (χ3v) is 5.72. The Morgan fingerprint density at radius 2 is 2.22 bits per heavy atom. The molecule has 0 fully saturated rings. The lowest BCUT2D eigenvalue weighted by atomic mass is 10.1. The SMILES string of the molecule is ClI=C(c1ncn[nH]1)c1ccc(Br)c2[nH]ccc12. The molecule has 0 aliphatic heterocycles. The highest BCUT2D eigenvalue weighted by Crippen LogP contribution is 2.29. The fraction of sp³-hybridized carbons (Fsp3) is 0. The molecule has 18 heavy (non-hydrogen) atoms. The molecule has 0 amide bonds. The van der Waals surface area contributed by atoms with E-state index in [4.69, 9.17) is 8.91 Å². The van der Waals surface area contributed by atoms with Gasteiger partial charge in [-0.05, 0) is 37.0 Å². The Hall–Kier alpha value is -0.730. The van der Waals surface area contributed by atoms with Gasteiger partial charge < -0.3 is 4.98 Å². The van der Waals surface area contributed by atoms with E-state index in [9.17, 15) is 0 Å². The number of aromatic nitrogens is 4. The topological polar surface area (TPSA) is 57.4 Å². The van der Waals surface area contributed by atoms with E-state index in [-0.39, 0.29) is 0 Å². The van der Waals surface area contributed by atoms with Crippen LogP contribution in [0.15, 0.2) is 35.2 Å². The minimum atomic E-state index is -0.629. The highest BCUT2D eigenvalue weighted by atomic mass is 127. The van der Waals surface area contributed by atoms with E-state index in [1.54, 1.807) is 0 Å². The third-order valence-electron chi connectivity index (χ3n) is 2.60. The molecule has 0 saturated carbocycles. The Balaban J connectivity index is 2.26. The molecular weight excluding hydrogens is 430 g/mol. The lowest BCUT2D eigenvalue weighted by Crippen LogP contribution is -2.03. The van der Waals surface area contributed by atoms with Crippen molar-refractivity contribution in [2.75, 3.05) is 0 Å². The van der Waals surface area contributed by atoms with Crippen molar-refractivity contribution in [2.24, 2.45) is 0 Å². The summed E-state index contributed by atoms with van der Waals surface area (Å²) < 4.78 is 2.08. The Kier molecular flexibility index (Phi) is 3.49. The van der Waals surface area contributed by atoms with E-state index in [2.05, 4.69) is 42.2 Å². The highest BCUT2D eigenvalue weighted by Gasteiger charge is 2.13. The molecule has 4 nitrogen and oxygen atoms in total. The first-order valence-corrected chi connectivity index (χ1v) is 9.66. The number of hydrogen-bond donors (Lipinski definition) is 2. The van der Waals surface area contributed by atoms with Crippen LogP contribution in [0.3, 0.4) is 0 Å². The zero-order valence-electron chi connectivity index (χ0n) is 8.92. The zero-order valence-corrected chi connectivity index (χ0v) is 13.4. The average molecular weight is 437 g/mol. The van der Waals surface area contributed by atoms with Crippen LogP contribution in [0, 0.1) is 0 Å². The summed E-state index contributed by atoms with van der Waals surface area (Å²) in [6.07, 6.45) is 3.42. The molecule has 3 rings (SSSR count). The first-order valence-electron chi connectivity index (χ1n) is 5.06. The molecule has 2 aromatic heterocycles. The lowest BCUT2D eigenvalue weighted by molar-refractivity contribution is 1.08. The fourth-order valence-corrected chi connectivity index (χ4v) is 4.40. The van der Waals surface area contributed by atoms with Crippen molar-refractivity contribution in [2.45, 2.75) is 0 Å². The quantitative estimate of drug-likeness (QED) is 0.600. The first kappa shape index (κ1) is 12.3. The summed E-state index contributed by atoms with van der Waals surface area (Å²) in [5.74, 6) is 0.752. The maximum absolute atomic E-state index is 6.16. The van der Waals surface area contributed by atoms with E-state index < -0.39 is 19.6 Å². The van der Waals surface area contributed by atoms with Crippen LogP contribution in [0.1, 0.15) is 11.4 Å². The maximum Gasteiger partial charge on any atom is 0.162 e. The smallest absolute Gasteiger partial charge is 0.162 e. The summed E-state index contributed by atoms with van der Waals surface area (Å²) in [5.41, 5.74) is 2.17. The first-order chi connectivity index (χ1) is 8.81. The summed E-state index contributed by atoms with van der Waals surface area (Å²) >= 11 is 2.90. The number of rotatable bonds is 2. The van der Waals surface area contributed by atoms with Gasteiger partial charge in [-0.2, -0.15) is 5.10 Å². The molecule has 2 N–H and O–H groups in total. The van der Waals surface area contributed by atoms with E-state index in [0.29, 0.717) is 0 Å². The van der Waals surface area contributed by atoms with E-state index in [1.165, 1.54) is 6.33 Å². The Bertz CT molecular complexity index is 720. The predicted molar refractivity (Wildman–Crippen MR) is 85.5 cm³/mol. The van der Waals surface area contributed by atoms with E-state index in [1.807, 2.05) is 18.3 Å². The van der Waals surface area contributed by atoms with Crippen LogP contribution < -0.4 is 0 Å². The van der Waals surface area contributed by atoms with Gasteiger partial charge >= 0.3 is 0 Å². The molecule has 3 aromatic rings. The van der Waals surface area contributed by atoms with Crippen LogP contribution in [0.2, 0.25) is 0 Å². The summed E-state index contributed by atoms with van der Waals surface area (Å²) in [7, 11) is 6.16. The molecule has 0 radical (unpaired) electrons. The Morgan fingerprint density at radius 3 is 2.94 bits per heavy atom. The van der Waals surface area contributed by atoms with Gasteiger partial charge in [0.05, 0.1) is 9.03 Å². The van der Waals surface area contributed by atoms with E-state index in [0.717, 1.165) is 30.3 Å². The van der Waals surface area contributed by atoms with Gasteiger partial charge in [-0.3, -0.25) is 5.10 Å². The standard InChI is InChI=1S/C11H7BrClIN4/c12-8-2-1-6(7-3-4-15-10(7)8)9(14-13)11-16-5-17-18-11/h1-5,15H,(H,16,17,18). The van der Waals surface area contributed by atoms with Gasteiger partial charge in [0, 0.05) is 41.2 Å². The van der Waals surface area contributed by atoms with Crippen LogP contribution >= 0.6 is 44.4 Å².